The van der Waals surface area contributed by atoms with Gasteiger partial charge in [0.05, 0.1) is 12.8 Å². The molecule has 0 radical (unpaired) electrons. The number of aryl methyl sites for hydroxylation is 1. The van der Waals surface area contributed by atoms with Crippen LogP contribution in [0.5, 0.6) is 5.88 Å². The average molecular weight is 420 g/mol. The lowest BCUT2D eigenvalue weighted by Crippen LogP contribution is -2.15. The van der Waals surface area contributed by atoms with E-state index in [4.69, 9.17) is 9.26 Å². The summed E-state index contributed by atoms with van der Waals surface area (Å²) in [5.41, 5.74) is 1.65. The molecule has 0 aliphatic heterocycles. The van der Waals surface area contributed by atoms with Gasteiger partial charge in [-0.1, -0.05) is 35.5 Å². The topological polar surface area (TPSA) is 110 Å². The minimum atomic E-state index is -0.924. The Morgan fingerprint density at radius 2 is 1.94 bits per heavy atom. The Morgan fingerprint density at radius 1 is 1.16 bits per heavy atom. The predicted molar refractivity (Wildman–Crippen MR) is 111 cm³/mol. The van der Waals surface area contributed by atoms with Crippen molar-refractivity contribution >= 4 is 11.6 Å². The van der Waals surface area contributed by atoms with Crippen LogP contribution in [0.25, 0.3) is 22.5 Å². The molecule has 0 bridgehead atoms. The van der Waals surface area contributed by atoms with Crippen LogP contribution in [-0.4, -0.2) is 28.1 Å². The SMILES string of the molecule is COc1nc(-c2c[nH]c(=O)c(F)c2)ccc1NC(=O)c1c(-c2ccccc2)noc1C. The molecule has 4 rings (SSSR count). The largest absolute Gasteiger partial charge is 0.479 e. The third-order valence-corrected chi connectivity index (χ3v) is 4.59. The lowest BCUT2D eigenvalue weighted by molar-refractivity contribution is 0.102. The van der Waals surface area contributed by atoms with Gasteiger partial charge >= 0.3 is 0 Å². The molecule has 0 atom stereocenters. The number of carbonyl (C=O) groups excluding carboxylic acids is 1. The normalized spacial score (nSPS) is 10.7. The van der Waals surface area contributed by atoms with Crippen LogP contribution in [0.3, 0.4) is 0 Å². The van der Waals surface area contributed by atoms with E-state index in [0.29, 0.717) is 34.0 Å². The quantitative estimate of drug-likeness (QED) is 0.508. The number of benzene rings is 1. The van der Waals surface area contributed by atoms with Crippen molar-refractivity contribution in [1.82, 2.24) is 15.1 Å². The van der Waals surface area contributed by atoms with Crippen LogP contribution in [0.15, 0.2) is 64.0 Å². The lowest BCUT2D eigenvalue weighted by atomic mass is 10.1. The van der Waals surface area contributed by atoms with Gasteiger partial charge in [-0.2, -0.15) is 0 Å². The summed E-state index contributed by atoms with van der Waals surface area (Å²) >= 11 is 0. The van der Waals surface area contributed by atoms with E-state index in [1.54, 1.807) is 19.1 Å². The van der Waals surface area contributed by atoms with Crippen LogP contribution in [0.1, 0.15) is 16.1 Å². The van der Waals surface area contributed by atoms with Crippen molar-refractivity contribution in [2.45, 2.75) is 6.92 Å². The first kappa shape index (κ1) is 20.0. The minimum absolute atomic E-state index is 0.118. The molecule has 0 unspecified atom stereocenters. The zero-order chi connectivity index (χ0) is 22.0. The molecule has 31 heavy (non-hydrogen) atoms. The first-order valence-electron chi connectivity index (χ1n) is 9.24. The van der Waals surface area contributed by atoms with E-state index in [1.807, 2.05) is 30.3 Å². The number of nitrogens with zero attached hydrogens (tertiary/aromatic N) is 2. The summed E-state index contributed by atoms with van der Waals surface area (Å²) in [6.45, 7) is 1.65. The van der Waals surface area contributed by atoms with Gasteiger partial charge < -0.3 is 19.6 Å². The predicted octanol–water partition coefficient (Wildman–Crippen LogP) is 3.80. The molecular formula is C22H17FN4O4. The van der Waals surface area contributed by atoms with E-state index in [9.17, 15) is 14.0 Å². The monoisotopic (exact) mass is 420 g/mol. The Kier molecular flexibility index (Phi) is 5.31. The Morgan fingerprint density at radius 3 is 2.65 bits per heavy atom. The summed E-state index contributed by atoms with van der Waals surface area (Å²) in [7, 11) is 1.40. The van der Waals surface area contributed by atoms with Crippen molar-refractivity contribution in [2.75, 3.05) is 12.4 Å². The Hall–Kier alpha value is -4.27. The van der Waals surface area contributed by atoms with E-state index in [2.05, 4.69) is 20.4 Å². The lowest BCUT2D eigenvalue weighted by Gasteiger charge is -2.11. The van der Waals surface area contributed by atoms with E-state index >= 15 is 0 Å². The molecule has 8 nitrogen and oxygen atoms in total. The molecule has 0 saturated heterocycles. The van der Waals surface area contributed by atoms with Crippen molar-refractivity contribution in [3.63, 3.8) is 0 Å². The molecule has 9 heteroatoms. The molecule has 4 aromatic rings. The first-order valence-corrected chi connectivity index (χ1v) is 9.24. The van der Waals surface area contributed by atoms with Crippen molar-refractivity contribution < 1.29 is 18.4 Å². The summed E-state index contributed by atoms with van der Waals surface area (Å²) in [5.74, 6) is -0.885. The van der Waals surface area contributed by atoms with Gasteiger partial charge in [-0.25, -0.2) is 9.37 Å². The first-order chi connectivity index (χ1) is 15.0. The number of nitrogens with one attached hydrogen (secondary N) is 2. The zero-order valence-corrected chi connectivity index (χ0v) is 16.6. The zero-order valence-electron chi connectivity index (χ0n) is 16.6. The van der Waals surface area contributed by atoms with Gasteiger partial charge in [0.25, 0.3) is 11.5 Å². The number of halogens is 1. The summed E-state index contributed by atoms with van der Waals surface area (Å²) in [5, 5.41) is 6.77. The van der Waals surface area contributed by atoms with Gasteiger partial charge in [-0.05, 0) is 25.1 Å². The number of rotatable bonds is 5. The number of anilines is 1. The molecule has 1 aromatic carbocycles. The minimum Gasteiger partial charge on any atom is -0.479 e. The second-order valence-corrected chi connectivity index (χ2v) is 6.60. The Balaban J connectivity index is 1.66. The highest BCUT2D eigenvalue weighted by Crippen LogP contribution is 2.30. The number of ether oxygens (including phenoxy) is 1. The maximum absolute atomic E-state index is 13.6. The van der Waals surface area contributed by atoms with E-state index < -0.39 is 17.3 Å². The summed E-state index contributed by atoms with van der Waals surface area (Å²) in [6.07, 6.45) is 1.35. The summed E-state index contributed by atoms with van der Waals surface area (Å²) < 4.78 is 24.1. The number of carbonyl (C=O) groups is 1. The van der Waals surface area contributed by atoms with Gasteiger partial charge in [0.1, 0.15) is 22.7 Å². The van der Waals surface area contributed by atoms with E-state index in [0.717, 1.165) is 11.6 Å². The summed E-state index contributed by atoms with van der Waals surface area (Å²) in [4.78, 5) is 30.9. The molecule has 2 N–H and O–H groups in total. The van der Waals surface area contributed by atoms with Crippen LogP contribution in [0, 0.1) is 12.7 Å². The van der Waals surface area contributed by atoms with Gasteiger partial charge in [0.15, 0.2) is 5.82 Å². The van der Waals surface area contributed by atoms with Gasteiger partial charge in [-0.3, -0.25) is 9.59 Å². The van der Waals surface area contributed by atoms with Crippen molar-refractivity contribution in [2.24, 2.45) is 0 Å². The van der Waals surface area contributed by atoms with Crippen LogP contribution < -0.4 is 15.6 Å². The van der Waals surface area contributed by atoms with E-state index in [-0.39, 0.29) is 5.88 Å². The maximum atomic E-state index is 13.6. The molecular weight excluding hydrogens is 403 g/mol. The fraction of sp³-hybridized carbons (Fsp3) is 0.0909. The number of methoxy groups -OCH3 is 1. The van der Waals surface area contributed by atoms with Crippen molar-refractivity contribution in [3.8, 4) is 28.4 Å². The van der Waals surface area contributed by atoms with Crippen molar-refractivity contribution in [3.05, 3.63) is 82.2 Å². The second-order valence-electron chi connectivity index (χ2n) is 6.60. The molecule has 0 spiro atoms. The number of hydrogen-bond donors (Lipinski definition) is 2. The smallest absolute Gasteiger partial charge is 0.283 e. The van der Waals surface area contributed by atoms with Crippen LogP contribution in [0.4, 0.5) is 10.1 Å². The molecule has 156 valence electrons. The molecule has 0 aliphatic rings. The standard InChI is InChI=1S/C22H17FN4O4/c1-12-18(19(27-31-12)13-6-4-3-5-7-13)21(29)25-17-9-8-16(26-22(17)30-2)14-10-15(23)20(28)24-11-14/h3-11H,1-2H3,(H,24,28)(H,25,29). The van der Waals surface area contributed by atoms with Crippen LogP contribution in [0.2, 0.25) is 0 Å². The van der Waals surface area contributed by atoms with Crippen LogP contribution >= 0.6 is 0 Å². The van der Waals surface area contributed by atoms with Crippen molar-refractivity contribution in [1.29, 1.82) is 0 Å². The number of aromatic nitrogens is 3. The molecule has 1 amide bonds. The van der Waals surface area contributed by atoms with Gasteiger partial charge in [0.2, 0.25) is 5.88 Å². The van der Waals surface area contributed by atoms with Gasteiger partial charge in [-0.15, -0.1) is 0 Å². The highest BCUT2D eigenvalue weighted by atomic mass is 19.1. The van der Waals surface area contributed by atoms with E-state index in [1.165, 1.54) is 13.3 Å². The Bertz CT molecular complexity index is 1310. The number of hydrogen-bond acceptors (Lipinski definition) is 6. The second kappa shape index (κ2) is 8.23. The average Bonchev–Trinajstić information content (AvgIpc) is 3.18. The molecule has 0 aliphatic carbocycles. The number of H-pyrrole nitrogens is 1. The third-order valence-electron chi connectivity index (χ3n) is 4.59. The number of aromatic amines is 1. The molecule has 0 fully saturated rings. The fourth-order valence-corrected chi connectivity index (χ4v) is 3.07. The highest BCUT2D eigenvalue weighted by molar-refractivity contribution is 6.09. The molecule has 3 aromatic heterocycles. The highest BCUT2D eigenvalue weighted by Gasteiger charge is 2.23. The number of amides is 1. The molecule has 0 saturated carbocycles. The van der Waals surface area contributed by atoms with Crippen LogP contribution in [-0.2, 0) is 0 Å². The molecule has 3 heterocycles. The number of pyridine rings is 2. The Labute approximate surface area is 175 Å². The fourth-order valence-electron chi connectivity index (χ4n) is 3.07. The van der Waals surface area contributed by atoms with Gasteiger partial charge in [0, 0.05) is 17.3 Å². The summed E-state index contributed by atoms with van der Waals surface area (Å²) in [6, 6.07) is 13.4. The maximum Gasteiger partial charge on any atom is 0.283 e. The third kappa shape index (κ3) is 3.93.